The number of phenolic OH excluding ortho intramolecular Hbond substituents is 2. The van der Waals surface area contributed by atoms with Crippen molar-refractivity contribution in [2.24, 2.45) is 0 Å². The van der Waals surface area contributed by atoms with Gasteiger partial charge in [-0.25, -0.2) is 4.79 Å². The fraction of sp³-hybridized carbons (Fsp3) is 0.294. The molecule has 25 heavy (non-hydrogen) atoms. The molecule has 0 amide bonds. The molecule has 0 saturated heterocycles. The molecule has 1 aromatic carbocycles. The van der Waals surface area contributed by atoms with Crippen LogP contribution in [0.2, 0.25) is 0 Å². The van der Waals surface area contributed by atoms with E-state index in [-0.39, 0.29) is 23.6 Å². The molecule has 0 aliphatic carbocycles. The lowest BCUT2D eigenvalue weighted by Crippen LogP contribution is -3.05. The van der Waals surface area contributed by atoms with Crippen molar-refractivity contribution in [2.45, 2.75) is 18.9 Å². The van der Waals surface area contributed by atoms with E-state index in [1.807, 2.05) is 0 Å². The molecule has 0 fully saturated rings. The van der Waals surface area contributed by atoms with Crippen molar-refractivity contribution >= 4 is 17.6 Å². The van der Waals surface area contributed by atoms with Gasteiger partial charge in [0.1, 0.15) is 17.9 Å². The normalized spacial score (nSPS) is 23.7. The molecule has 0 bridgehead atoms. The van der Waals surface area contributed by atoms with Gasteiger partial charge in [-0.2, -0.15) is 0 Å². The van der Waals surface area contributed by atoms with E-state index in [1.54, 1.807) is 12.1 Å². The number of phenols is 2. The van der Waals surface area contributed by atoms with E-state index in [0.717, 1.165) is 29.1 Å². The minimum absolute atomic E-state index is 0.139. The molecule has 8 heteroatoms. The number of fused-ring (bicyclic) bond motifs is 1. The van der Waals surface area contributed by atoms with Gasteiger partial charge in [0.05, 0.1) is 18.6 Å². The van der Waals surface area contributed by atoms with Crippen LogP contribution < -0.4 is 15.3 Å². The zero-order valence-corrected chi connectivity index (χ0v) is 13.3. The Hall–Kier alpha value is -3.00. The third-order valence-electron chi connectivity index (χ3n) is 4.50. The highest BCUT2D eigenvalue weighted by atomic mass is 16.4. The maximum atomic E-state index is 11.1. The van der Waals surface area contributed by atoms with Crippen molar-refractivity contribution in [3.05, 3.63) is 41.1 Å². The van der Waals surface area contributed by atoms with Gasteiger partial charge in [-0.3, -0.25) is 4.90 Å². The number of aromatic hydroxyl groups is 2. The van der Waals surface area contributed by atoms with Crippen LogP contribution in [0, 0.1) is 0 Å². The number of aliphatic carboxylic acids is 2. The molecule has 0 saturated carbocycles. The molecule has 0 aromatic heterocycles. The number of quaternary nitrogens is 1. The number of carbonyl (C=O) groups is 2. The molecule has 8 nitrogen and oxygen atoms in total. The standard InChI is InChI=1S/C17H18N2O6/c20-14-7-10-2-4-19(13(10)8-15(14)21)3-1-9-5-11(16(22)23)18-12(6-9)17(24)25/h1,5,7-8,12,18,20-21H,2-4,6H2,(H,22,23)(H,24,25). The summed E-state index contributed by atoms with van der Waals surface area (Å²) in [4.78, 5) is 23.3. The SMILES string of the molecule is O=C(O)C1=CC(=CC[NH+]2CCc3cc(O)c(O)cc32)CC(C(=O)[O-])N1. The number of hydrogen-bond donors (Lipinski definition) is 5. The van der Waals surface area contributed by atoms with Crippen molar-refractivity contribution < 1.29 is 34.9 Å². The molecule has 0 spiro atoms. The van der Waals surface area contributed by atoms with Gasteiger partial charge in [-0.15, -0.1) is 0 Å². The number of carbonyl (C=O) groups excluding carboxylic acids is 1. The third kappa shape index (κ3) is 3.43. The lowest BCUT2D eigenvalue weighted by atomic mass is 10.00. The van der Waals surface area contributed by atoms with Gasteiger partial charge in [0.15, 0.2) is 11.5 Å². The predicted molar refractivity (Wildman–Crippen MR) is 84.2 cm³/mol. The van der Waals surface area contributed by atoms with Crippen LogP contribution in [-0.2, 0) is 16.0 Å². The van der Waals surface area contributed by atoms with Crippen LogP contribution in [0.1, 0.15) is 12.0 Å². The molecule has 132 valence electrons. The average Bonchev–Trinajstić information content (AvgIpc) is 2.95. The van der Waals surface area contributed by atoms with Crippen LogP contribution in [0.15, 0.2) is 35.6 Å². The molecule has 2 unspecified atom stereocenters. The second-order valence-electron chi connectivity index (χ2n) is 6.17. The third-order valence-corrected chi connectivity index (χ3v) is 4.50. The fourth-order valence-corrected chi connectivity index (χ4v) is 3.21. The maximum Gasteiger partial charge on any atom is 0.351 e. The van der Waals surface area contributed by atoms with Crippen molar-refractivity contribution in [2.75, 3.05) is 13.1 Å². The summed E-state index contributed by atoms with van der Waals surface area (Å²) in [5.74, 6) is -2.91. The number of nitrogens with one attached hydrogen (secondary N) is 2. The number of rotatable bonds is 4. The quantitative estimate of drug-likeness (QED) is 0.320. The minimum Gasteiger partial charge on any atom is -0.548 e. The average molecular weight is 346 g/mol. The Kier molecular flexibility index (Phi) is 4.37. The van der Waals surface area contributed by atoms with E-state index >= 15 is 0 Å². The molecule has 2 aliphatic heterocycles. The summed E-state index contributed by atoms with van der Waals surface area (Å²) in [6, 6.07) is 1.99. The molecule has 2 aliphatic rings. The highest BCUT2D eigenvalue weighted by Crippen LogP contribution is 2.31. The summed E-state index contributed by atoms with van der Waals surface area (Å²) in [5.41, 5.74) is 2.25. The highest BCUT2D eigenvalue weighted by Gasteiger charge is 2.27. The molecule has 2 heterocycles. The van der Waals surface area contributed by atoms with E-state index in [9.17, 15) is 24.9 Å². The van der Waals surface area contributed by atoms with Crippen LogP contribution in [0.4, 0.5) is 5.69 Å². The number of allylic oxidation sites excluding steroid dienone is 1. The van der Waals surface area contributed by atoms with Crippen molar-refractivity contribution in [3.8, 4) is 11.5 Å². The Balaban J connectivity index is 1.80. The van der Waals surface area contributed by atoms with Crippen LogP contribution in [0.25, 0.3) is 0 Å². The molecule has 0 radical (unpaired) electrons. The van der Waals surface area contributed by atoms with Gasteiger partial charge in [0.25, 0.3) is 0 Å². The second kappa shape index (κ2) is 6.48. The van der Waals surface area contributed by atoms with Crippen LogP contribution in [0.3, 0.4) is 0 Å². The number of carboxylic acids is 2. The van der Waals surface area contributed by atoms with E-state index < -0.39 is 18.0 Å². The van der Waals surface area contributed by atoms with Gasteiger partial charge in [-0.1, -0.05) is 0 Å². The Morgan fingerprint density at radius 3 is 2.72 bits per heavy atom. The molecular formula is C17H18N2O6. The predicted octanol–water partition coefficient (Wildman–Crippen LogP) is -1.82. The summed E-state index contributed by atoms with van der Waals surface area (Å²) in [7, 11) is 0. The largest absolute Gasteiger partial charge is 0.548 e. The molecule has 5 N–H and O–H groups in total. The van der Waals surface area contributed by atoms with Gasteiger partial charge >= 0.3 is 5.97 Å². The Labute approximate surface area is 143 Å². The summed E-state index contributed by atoms with van der Waals surface area (Å²) in [6.07, 6.45) is 4.11. The number of hydrogen-bond acceptors (Lipinski definition) is 6. The first-order valence-electron chi connectivity index (χ1n) is 7.86. The smallest absolute Gasteiger partial charge is 0.351 e. The second-order valence-corrected chi connectivity index (χ2v) is 6.17. The lowest BCUT2D eigenvalue weighted by Gasteiger charge is -2.26. The van der Waals surface area contributed by atoms with Crippen LogP contribution >= 0.6 is 0 Å². The lowest BCUT2D eigenvalue weighted by molar-refractivity contribution is -0.819. The summed E-state index contributed by atoms with van der Waals surface area (Å²) < 4.78 is 0. The van der Waals surface area contributed by atoms with E-state index in [4.69, 9.17) is 5.11 Å². The zero-order chi connectivity index (χ0) is 18.1. The molecular weight excluding hydrogens is 328 g/mol. The van der Waals surface area contributed by atoms with Gasteiger partial charge in [0.2, 0.25) is 0 Å². The zero-order valence-electron chi connectivity index (χ0n) is 13.3. The van der Waals surface area contributed by atoms with E-state index in [2.05, 4.69) is 5.32 Å². The first-order chi connectivity index (χ1) is 11.8. The topological polar surface area (TPSA) is 134 Å². The molecule has 1 aromatic rings. The number of benzene rings is 1. The first kappa shape index (κ1) is 16.8. The van der Waals surface area contributed by atoms with Crippen LogP contribution in [-0.4, -0.2) is 46.4 Å². The van der Waals surface area contributed by atoms with E-state index in [0.29, 0.717) is 12.1 Å². The fourth-order valence-electron chi connectivity index (χ4n) is 3.21. The van der Waals surface area contributed by atoms with Crippen LogP contribution in [0.5, 0.6) is 11.5 Å². The highest BCUT2D eigenvalue weighted by molar-refractivity contribution is 5.88. The molecule has 2 atom stereocenters. The summed E-state index contributed by atoms with van der Waals surface area (Å²) in [5, 5.41) is 41.8. The minimum atomic E-state index is -1.35. The first-order valence-corrected chi connectivity index (χ1v) is 7.86. The Morgan fingerprint density at radius 2 is 2.04 bits per heavy atom. The van der Waals surface area contributed by atoms with Crippen molar-refractivity contribution in [1.82, 2.24) is 5.32 Å². The Morgan fingerprint density at radius 1 is 1.32 bits per heavy atom. The molecule has 3 rings (SSSR count). The van der Waals surface area contributed by atoms with Gasteiger partial charge in [-0.05, 0) is 30.2 Å². The van der Waals surface area contributed by atoms with Gasteiger partial charge in [0, 0.05) is 18.1 Å². The number of carboxylic acid groups (broad SMARTS) is 2. The maximum absolute atomic E-state index is 11.1. The van der Waals surface area contributed by atoms with E-state index in [1.165, 1.54) is 12.1 Å². The summed E-state index contributed by atoms with van der Waals surface area (Å²) in [6.45, 7) is 1.27. The van der Waals surface area contributed by atoms with Gasteiger partial charge < -0.3 is 30.5 Å². The summed E-state index contributed by atoms with van der Waals surface area (Å²) >= 11 is 0. The Bertz CT molecular complexity index is 799. The monoisotopic (exact) mass is 346 g/mol. The van der Waals surface area contributed by atoms with Crippen molar-refractivity contribution in [3.63, 3.8) is 0 Å². The van der Waals surface area contributed by atoms with Crippen molar-refractivity contribution in [1.29, 1.82) is 0 Å².